The van der Waals surface area contributed by atoms with Crippen LogP contribution in [0.3, 0.4) is 0 Å². The lowest BCUT2D eigenvalue weighted by molar-refractivity contribution is 0.100. The molecule has 1 aliphatic heterocycles. The van der Waals surface area contributed by atoms with E-state index < -0.39 is 21.7 Å². The molecule has 7 nitrogen and oxygen atoms in total. The molecule has 0 radical (unpaired) electrons. The second-order valence-electron chi connectivity index (χ2n) is 7.98. The van der Waals surface area contributed by atoms with E-state index in [1.165, 1.54) is 16.4 Å². The number of rotatable bonds is 6. The van der Waals surface area contributed by atoms with Gasteiger partial charge in [0.15, 0.2) is 6.29 Å². The van der Waals surface area contributed by atoms with E-state index in [-0.39, 0.29) is 17.2 Å². The highest BCUT2D eigenvalue weighted by molar-refractivity contribution is 7.89. The van der Waals surface area contributed by atoms with Gasteiger partial charge in [0.25, 0.3) is 5.91 Å². The third kappa shape index (κ3) is 3.93. The first-order chi connectivity index (χ1) is 15.2. The van der Waals surface area contributed by atoms with Crippen molar-refractivity contribution in [3.05, 3.63) is 59.0 Å². The number of H-pyrrole nitrogens is 1. The Morgan fingerprint density at radius 2 is 1.94 bits per heavy atom. The van der Waals surface area contributed by atoms with Crippen molar-refractivity contribution in [3.63, 3.8) is 0 Å². The minimum Gasteiger partial charge on any atom is -0.366 e. The molecule has 0 saturated carbocycles. The van der Waals surface area contributed by atoms with Gasteiger partial charge in [-0.25, -0.2) is 17.1 Å². The van der Waals surface area contributed by atoms with Crippen molar-refractivity contribution in [2.75, 3.05) is 18.8 Å². The van der Waals surface area contributed by atoms with Crippen LogP contribution in [-0.2, 0) is 10.0 Å². The SMILES string of the molecule is CCS(=O)(=O)N1CCC(c2c[nH]c3c(C(N)=O)cc(-c4ccc(F)c(C=O)c4)cc23)CC1. The molecule has 4 rings (SSSR count). The van der Waals surface area contributed by atoms with Crippen LogP contribution in [0.15, 0.2) is 36.5 Å². The molecule has 1 aliphatic rings. The molecule has 32 heavy (non-hydrogen) atoms. The zero-order valence-corrected chi connectivity index (χ0v) is 18.4. The standard InChI is InChI=1S/C23H24FN3O4S/c1-2-32(30,31)27-7-5-14(6-8-27)20-12-26-22-18(20)10-16(11-19(22)23(25)29)15-3-4-21(24)17(9-15)13-28/h3-4,9-14,26H,2,5-8H2,1H3,(H2,25,29). The van der Waals surface area contributed by atoms with E-state index in [0.29, 0.717) is 54.4 Å². The molecule has 0 spiro atoms. The van der Waals surface area contributed by atoms with Crippen molar-refractivity contribution in [2.24, 2.45) is 5.73 Å². The Bertz CT molecular complexity index is 1310. The van der Waals surface area contributed by atoms with Gasteiger partial charge in [0, 0.05) is 24.7 Å². The van der Waals surface area contributed by atoms with Crippen molar-refractivity contribution in [3.8, 4) is 11.1 Å². The fourth-order valence-corrected chi connectivity index (χ4v) is 5.53. The van der Waals surface area contributed by atoms with Gasteiger partial charge in [-0.15, -0.1) is 0 Å². The maximum absolute atomic E-state index is 13.8. The van der Waals surface area contributed by atoms with Gasteiger partial charge in [0.05, 0.1) is 22.4 Å². The van der Waals surface area contributed by atoms with Crippen LogP contribution in [0.5, 0.6) is 0 Å². The molecule has 0 unspecified atom stereocenters. The molecular formula is C23H24FN3O4S. The van der Waals surface area contributed by atoms with Gasteiger partial charge in [-0.1, -0.05) is 6.07 Å². The third-order valence-electron chi connectivity index (χ3n) is 6.20. The van der Waals surface area contributed by atoms with Crippen LogP contribution in [0.2, 0.25) is 0 Å². The third-order valence-corrected chi connectivity index (χ3v) is 8.08. The fourth-order valence-electron chi connectivity index (χ4n) is 4.39. The summed E-state index contributed by atoms with van der Waals surface area (Å²) in [6.07, 6.45) is 3.62. The molecule has 1 fully saturated rings. The lowest BCUT2D eigenvalue weighted by Crippen LogP contribution is -2.38. The molecule has 3 aromatic rings. The molecule has 0 bridgehead atoms. The number of nitrogens with one attached hydrogen (secondary N) is 1. The highest BCUT2D eigenvalue weighted by atomic mass is 32.2. The number of hydrogen-bond donors (Lipinski definition) is 2. The summed E-state index contributed by atoms with van der Waals surface area (Å²) in [5, 5.41) is 0.810. The number of nitrogens with zero attached hydrogens (tertiary/aromatic N) is 1. The zero-order chi connectivity index (χ0) is 23.0. The predicted molar refractivity (Wildman–Crippen MR) is 121 cm³/mol. The first kappa shape index (κ1) is 22.2. The molecule has 1 aromatic heterocycles. The monoisotopic (exact) mass is 457 g/mol. The number of benzene rings is 2. The van der Waals surface area contributed by atoms with E-state index in [4.69, 9.17) is 5.73 Å². The number of halogens is 1. The maximum atomic E-state index is 13.8. The average Bonchev–Trinajstić information content (AvgIpc) is 3.22. The van der Waals surface area contributed by atoms with E-state index in [2.05, 4.69) is 4.98 Å². The molecular weight excluding hydrogens is 433 g/mol. The van der Waals surface area contributed by atoms with Crippen LogP contribution >= 0.6 is 0 Å². The van der Waals surface area contributed by atoms with Crippen molar-refractivity contribution in [2.45, 2.75) is 25.7 Å². The van der Waals surface area contributed by atoms with Gasteiger partial charge in [0.1, 0.15) is 5.82 Å². The summed E-state index contributed by atoms with van der Waals surface area (Å²) >= 11 is 0. The summed E-state index contributed by atoms with van der Waals surface area (Å²) in [7, 11) is -3.22. The smallest absolute Gasteiger partial charge is 0.250 e. The van der Waals surface area contributed by atoms with Crippen molar-refractivity contribution in [1.82, 2.24) is 9.29 Å². The maximum Gasteiger partial charge on any atom is 0.250 e. The van der Waals surface area contributed by atoms with Gasteiger partial charge < -0.3 is 10.7 Å². The number of aromatic nitrogens is 1. The number of fused-ring (bicyclic) bond motifs is 1. The molecule has 2 heterocycles. The lowest BCUT2D eigenvalue weighted by Gasteiger charge is -2.31. The highest BCUT2D eigenvalue weighted by Gasteiger charge is 2.29. The average molecular weight is 458 g/mol. The molecule has 0 atom stereocenters. The second kappa shape index (κ2) is 8.48. The number of primary amides is 1. The number of piperidine rings is 1. The predicted octanol–water partition coefficient (Wildman–Crippen LogP) is 3.41. The van der Waals surface area contributed by atoms with Gasteiger partial charge in [-0.05, 0) is 66.6 Å². The summed E-state index contributed by atoms with van der Waals surface area (Å²) in [5.74, 6) is -1.03. The Morgan fingerprint density at radius 3 is 2.56 bits per heavy atom. The number of nitrogens with two attached hydrogens (primary N) is 1. The molecule has 1 amide bonds. The summed E-state index contributed by atoms with van der Waals surface area (Å²) in [5.41, 5.74) is 8.68. The summed E-state index contributed by atoms with van der Waals surface area (Å²) < 4.78 is 39.7. The summed E-state index contributed by atoms with van der Waals surface area (Å²) in [6, 6.07) is 7.73. The Morgan fingerprint density at radius 1 is 1.22 bits per heavy atom. The normalized spacial score (nSPS) is 15.8. The topological polar surface area (TPSA) is 113 Å². The second-order valence-corrected chi connectivity index (χ2v) is 10.2. The largest absolute Gasteiger partial charge is 0.366 e. The molecule has 3 N–H and O–H groups in total. The van der Waals surface area contributed by atoms with Gasteiger partial charge in [-0.2, -0.15) is 0 Å². The summed E-state index contributed by atoms with van der Waals surface area (Å²) in [4.78, 5) is 26.5. The summed E-state index contributed by atoms with van der Waals surface area (Å²) in [6.45, 7) is 2.52. The van der Waals surface area contributed by atoms with Crippen LogP contribution in [0, 0.1) is 5.82 Å². The number of carbonyl (C=O) groups excluding carboxylic acids is 2. The van der Waals surface area contributed by atoms with Crippen LogP contribution in [0.4, 0.5) is 4.39 Å². The number of carbonyl (C=O) groups is 2. The van der Waals surface area contributed by atoms with Crippen molar-refractivity contribution >= 4 is 33.1 Å². The van der Waals surface area contributed by atoms with E-state index in [1.54, 1.807) is 19.1 Å². The zero-order valence-electron chi connectivity index (χ0n) is 17.6. The number of amides is 1. The fraction of sp³-hybridized carbons (Fsp3) is 0.304. The quantitative estimate of drug-likeness (QED) is 0.552. The van der Waals surface area contributed by atoms with E-state index >= 15 is 0 Å². The first-order valence-corrected chi connectivity index (χ1v) is 12.0. The van der Waals surface area contributed by atoms with Crippen LogP contribution in [0.25, 0.3) is 22.0 Å². The number of hydrogen-bond acceptors (Lipinski definition) is 4. The Labute approximate surface area is 185 Å². The Hall–Kier alpha value is -3.04. The van der Waals surface area contributed by atoms with E-state index in [1.807, 2.05) is 12.3 Å². The van der Waals surface area contributed by atoms with Gasteiger partial charge >= 0.3 is 0 Å². The van der Waals surface area contributed by atoms with Gasteiger partial charge in [0.2, 0.25) is 10.0 Å². The van der Waals surface area contributed by atoms with Crippen molar-refractivity contribution < 1.29 is 22.4 Å². The minimum absolute atomic E-state index is 0.0676. The van der Waals surface area contributed by atoms with E-state index in [0.717, 1.165) is 10.9 Å². The molecule has 1 saturated heterocycles. The number of aromatic amines is 1. The minimum atomic E-state index is -3.22. The number of aldehydes is 1. The molecule has 2 aromatic carbocycles. The first-order valence-electron chi connectivity index (χ1n) is 10.4. The highest BCUT2D eigenvalue weighted by Crippen LogP contribution is 2.37. The Balaban J connectivity index is 1.76. The molecule has 9 heteroatoms. The van der Waals surface area contributed by atoms with E-state index in [9.17, 15) is 22.4 Å². The number of sulfonamides is 1. The van der Waals surface area contributed by atoms with Crippen LogP contribution < -0.4 is 5.73 Å². The van der Waals surface area contributed by atoms with Gasteiger partial charge in [-0.3, -0.25) is 9.59 Å². The molecule has 0 aliphatic carbocycles. The Kier molecular flexibility index (Phi) is 5.87. The van der Waals surface area contributed by atoms with Crippen LogP contribution in [-0.4, -0.2) is 48.7 Å². The lowest BCUT2D eigenvalue weighted by atomic mass is 9.88. The van der Waals surface area contributed by atoms with Crippen molar-refractivity contribution in [1.29, 1.82) is 0 Å². The van der Waals surface area contributed by atoms with Crippen LogP contribution in [0.1, 0.15) is 52.0 Å². The molecule has 168 valence electrons.